The highest BCUT2D eigenvalue weighted by Gasteiger charge is 2.06. The lowest BCUT2D eigenvalue weighted by Crippen LogP contribution is -2.20. The van der Waals surface area contributed by atoms with Gasteiger partial charge in [-0.25, -0.2) is 4.98 Å². The SMILES string of the molecule is Cc1cc2c(=O)n(CCCBr)cnc2s1. The molecule has 0 amide bonds. The summed E-state index contributed by atoms with van der Waals surface area (Å²) < 4.78 is 1.68. The van der Waals surface area contributed by atoms with Gasteiger partial charge in [0.1, 0.15) is 4.83 Å². The number of hydrogen-bond donors (Lipinski definition) is 0. The number of halogens is 1. The highest BCUT2D eigenvalue weighted by Crippen LogP contribution is 2.19. The average Bonchev–Trinajstić information content (AvgIpc) is 2.59. The Hall–Kier alpha value is -0.680. The lowest BCUT2D eigenvalue weighted by molar-refractivity contribution is 0.654. The molecule has 0 fully saturated rings. The summed E-state index contributed by atoms with van der Waals surface area (Å²) in [7, 11) is 0. The van der Waals surface area contributed by atoms with E-state index in [9.17, 15) is 4.79 Å². The van der Waals surface area contributed by atoms with E-state index in [4.69, 9.17) is 0 Å². The smallest absolute Gasteiger partial charge is 0.262 e. The van der Waals surface area contributed by atoms with Crippen molar-refractivity contribution < 1.29 is 0 Å². The molecular formula is C10H11BrN2OS. The Balaban J connectivity index is 2.50. The quantitative estimate of drug-likeness (QED) is 0.813. The minimum Gasteiger partial charge on any atom is -0.299 e. The van der Waals surface area contributed by atoms with E-state index in [0.29, 0.717) is 0 Å². The third kappa shape index (κ3) is 2.13. The maximum Gasteiger partial charge on any atom is 0.262 e. The summed E-state index contributed by atoms with van der Waals surface area (Å²) in [5.74, 6) is 0. The van der Waals surface area contributed by atoms with Crippen molar-refractivity contribution >= 4 is 37.5 Å². The van der Waals surface area contributed by atoms with Gasteiger partial charge in [0.05, 0.1) is 11.7 Å². The number of aromatic nitrogens is 2. The fourth-order valence-corrected chi connectivity index (χ4v) is 2.56. The Morgan fingerprint density at radius 2 is 2.40 bits per heavy atom. The zero-order valence-corrected chi connectivity index (χ0v) is 10.8. The van der Waals surface area contributed by atoms with Crippen LogP contribution in [-0.4, -0.2) is 14.9 Å². The minimum absolute atomic E-state index is 0.0744. The van der Waals surface area contributed by atoms with Crippen LogP contribution in [0.2, 0.25) is 0 Å². The van der Waals surface area contributed by atoms with Gasteiger partial charge < -0.3 is 0 Å². The van der Waals surface area contributed by atoms with Crippen molar-refractivity contribution in [1.29, 1.82) is 0 Å². The molecular weight excluding hydrogens is 276 g/mol. The van der Waals surface area contributed by atoms with E-state index in [1.165, 1.54) is 0 Å². The van der Waals surface area contributed by atoms with Gasteiger partial charge in [-0.3, -0.25) is 9.36 Å². The summed E-state index contributed by atoms with van der Waals surface area (Å²) in [6.45, 7) is 2.72. The summed E-state index contributed by atoms with van der Waals surface area (Å²) in [6, 6.07) is 1.92. The van der Waals surface area contributed by atoms with Crippen molar-refractivity contribution in [3.8, 4) is 0 Å². The van der Waals surface area contributed by atoms with Gasteiger partial charge in [0.15, 0.2) is 0 Å². The molecule has 2 aromatic rings. The molecule has 0 aliphatic heterocycles. The molecule has 0 bridgehead atoms. The van der Waals surface area contributed by atoms with Crippen molar-refractivity contribution in [3.63, 3.8) is 0 Å². The Morgan fingerprint density at radius 1 is 1.60 bits per heavy atom. The molecule has 0 N–H and O–H groups in total. The van der Waals surface area contributed by atoms with E-state index in [2.05, 4.69) is 20.9 Å². The molecule has 0 radical (unpaired) electrons. The molecule has 0 saturated heterocycles. The summed E-state index contributed by atoms with van der Waals surface area (Å²) in [5.41, 5.74) is 0.0744. The molecule has 0 aromatic carbocycles. The van der Waals surface area contributed by atoms with Gasteiger partial charge in [0.25, 0.3) is 5.56 Å². The molecule has 5 heteroatoms. The van der Waals surface area contributed by atoms with Crippen molar-refractivity contribution in [2.24, 2.45) is 0 Å². The van der Waals surface area contributed by atoms with Crippen LogP contribution in [0.1, 0.15) is 11.3 Å². The van der Waals surface area contributed by atoms with E-state index in [-0.39, 0.29) is 5.56 Å². The number of thiophene rings is 1. The van der Waals surface area contributed by atoms with E-state index < -0.39 is 0 Å². The molecule has 3 nitrogen and oxygen atoms in total. The zero-order chi connectivity index (χ0) is 10.8. The van der Waals surface area contributed by atoms with Gasteiger partial charge in [-0.15, -0.1) is 11.3 Å². The van der Waals surface area contributed by atoms with Gasteiger partial charge in [0.2, 0.25) is 0 Å². The molecule has 0 spiro atoms. The standard InChI is InChI=1S/C10H11BrN2OS/c1-7-5-8-9(15-7)12-6-13(10(8)14)4-2-3-11/h5-6H,2-4H2,1H3. The first kappa shape index (κ1) is 10.8. The second kappa shape index (κ2) is 4.45. The van der Waals surface area contributed by atoms with Gasteiger partial charge >= 0.3 is 0 Å². The van der Waals surface area contributed by atoms with E-state index >= 15 is 0 Å². The third-order valence-electron chi connectivity index (χ3n) is 2.17. The summed E-state index contributed by atoms with van der Waals surface area (Å²) in [4.78, 5) is 18.2. The Morgan fingerprint density at radius 3 is 3.13 bits per heavy atom. The largest absolute Gasteiger partial charge is 0.299 e. The third-order valence-corrected chi connectivity index (χ3v) is 3.69. The Kier molecular flexibility index (Phi) is 3.21. The molecule has 0 aliphatic rings. The number of hydrogen-bond acceptors (Lipinski definition) is 3. The van der Waals surface area contributed by atoms with E-state index in [1.807, 2.05) is 13.0 Å². The van der Waals surface area contributed by atoms with Crippen LogP contribution in [0, 0.1) is 6.92 Å². The first-order valence-electron chi connectivity index (χ1n) is 4.74. The van der Waals surface area contributed by atoms with Crippen LogP contribution in [-0.2, 0) is 6.54 Å². The number of fused-ring (bicyclic) bond motifs is 1. The molecule has 0 unspecified atom stereocenters. The molecule has 0 atom stereocenters. The Bertz CT molecular complexity index is 532. The topological polar surface area (TPSA) is 34.9 Å². The minimum atomic E-state index is 0.0744. The fourth-order valence-electron chi connectivity index (χ4n) is 1.47. The van der Waals surface area contributed by atoms with E-state index in [1.54, 1.807) is 22.2 Å². The van der Waals surface area contributed by atoms with Crippen molar-refractivity contribution in [2.45, 2.75) is 19.9 Å². The summed E-state index contributed by atoms with van der Waals surface area (Å²) >= 11 is 4.92. The first-order chi connectivity index (χ1) is 7.22. The fraction of sp³-hybridized carbons (Fsp3) is 0.400. The average molecular weight is 287 g/mol. The number of rotatable bonds is 3. The van der Waals surface area contributed by atoms with Gasteiger partial charge in [0, 0.05) is 16.8 Å². The zero-order valence-electron chi connectivity index (χ0n) is 8.36. The van der Waals surface area contributed by atoms with Crippen LogP contribution < -0.4 is 5.56 Å². The number of alkyl halides is 1. The molecule has 2 rings (SSSR count). The van der Waals surface area contributed by atoms with Crippen LogP contribution in [0.25, 0.3) is 10.2 Å². The van der Waals surface area contributed by atoms with Crippen molar-refractivity contribution in [2.75, 3.05) is 5.33 Å². The van der Waals surface area contributed by atoms with E-state index in [0.717, 1.165) is 33.4 Å². The van der Waals surface area contributed by atoms with Crippen LogP contribution in [0.5, 0.6) is 0 Å². The van der Waals surface area contributed by atoms with Crippen LogP contribution in [0.4, 0.5) is 0 Å². The predicted molar refractivity (Wildman–Crippen MR) is 67.0 cm³/mol. The number of aryl methyl sites for hydroxylation is 2. The summed E-state index contributed by atoms with van der Waals surface area (Å²) in [5, 5.41) is 1.65. The summed E-state index contributed by atoms with van der Waals surface area (Å²) in [6.07, 6.45) is 2.58. The molecule has 0 saturated carbocycles. The lowest BCUT2D eigenvalue weighted by Gasteiger charge is -2.02. The molecule has 15 heavy (non-hydrogen) atoms. The monoisotopic (exact) mass is 286 g/mol. The predicted octanol–water partition coefficient (Wildman–Crippen LogP) is 2.55. The van der Waals surface area contributed by atoms with Gasteiger partial charge in [-0.2, -0.15) is 0 Å². The van der Waals surface area contributed by atoms with Crippen molar-refractivity contribution in [3.05, 3.63) is 27.6 Å². The second-order valence-corrected chi connectivity index (χ2v) is 5.39. The molecule has 0 aliphatic carbocycles. The lowest BCUT2D eigenvalue weighted by atomic mass is 10.3. The highest BCUT2D eigenvalue weighted by molar-refractivity contribution is 9.09. The van der Waals surface area contributed by atoms with Gasteiger partial charge in [-0.05, 0) is 19.4 Å². The maximum atomic E-state index is 12.0. The number of nitrogens with zero attached hydrogens (tertiary/aromatic N) is 2. The van der Waals surface area contributed by atoms with Crippen molar-refractivity contribution in [1.82, 2.24) is 9.55 Å². The molecule has 80 valence electrons. The maximum absolute atomic E-state index is 12.0. The highest BCUT2D eigenvalue weighted by atomic mass is 79.9. The van der Waals surface area contributed by atoms with Crippen LogP contribution in [0.15, 0.2) is 17.2 Å². The first-order valence-corrected chi connectivity index (χ1v) is 6.67. The Labute approximate surface area is 99.9 Å². The van der Waals surface area contributed by atoms with Crippen LogP contribution >= 0.6 is 27.3 Å². The molecule has 2 aromatic heterocycles. The second-order valence-electron chi connectivity index (χ2n) is 3.36. The normalized spacial score (nSPS) is 11.1. The van der Waals surface area contributed by atoms with Gasteiger partial charge in [-0.1, -0.05) is 15.9 Å². The molecule has 2 heterocycles. The van der Waals surface area contributed by atoms with Crippen LogP contribution in [0.3, 0.4) is 0 Å².